The summed E-state index contributed by atoms with van der Waals surface area (Å²) in [6.45, 7) is 4.58. The fourth-order valence-electron chi connectivity index (χ4n) is 3.47. The molecule has 6 heteroatoms. The molecule has 4 rings (SSSR count). The van der Waals surface area contributed by atoms with E-state index in [2.05, 4.69) is 22.8 Å². The fraction of sp³-hybridized carbons (Fsp3) is 0.500. The van der Waals surface area contributed by atoms with Crippen LogP contribution in [0.5, 0.6) is 0 Å². The minimum Gasteiger partial charge on any atom is -0.347 e. The number of urea groups is 1. The normalized spacial score (nSPS) is 23.0. The molecular weight excluding hydrogens is 324 g/mol. The summed E-state index contributed by atoms with van der Waals surface area (Å²) in [5.74, 6) is -0.459. The number of carbonyl (C=O) groups is 1. The second-order valence-electron chi connectivity index (χ2n) is 6.55. The molecule has 128 valence electrons. The second kappa shape index (κ2) is 6.35. The van der Waals surface area contributed by atoms with Gasteiger partial charge in [0.25, 0.3) is 0 Å². The molecule has 24 heavy (non-hydrogen) atoms. The Morgan fingerprint density at radius 2 is 2.17 bits per heavy atom. The summed E-state index contributed by atoms with van der Waals surface area (Å²) in [7, 11) is 0. The lowest BCUT2D eigenvalue weighted by atomic mass is 10.0. The van der Waals surface area contributed by atoms with Crippen molar-refractivity contribution in [2.24, 2.45) is 0 Å². The van der Waals surface area contributed by atoms with Crippen molar-refractivity contribution in [1.29, 1.82) is 0 Å². The van der Waals surface area contributed by atoms with Crippen LogP contribution in [0.3, 0.4) is 0 Å². The van der Waals surface area contributed by atoms with Gasteiger partial charge in [-0.25, -0.2) is 4.79 Å². The first-order valence-corrected chi connectivity index (χ1v) is 9.33. The maximum Gasteiger partial charge on any atom is 0.317 e. The lowest BCUT2D eigenvalue weighted by Gasteiger charge is -2.37. The van der Waals surface area contributed by atoms with Crippen molar-refractivity contribution in [2.75, 3.05) is 19.7 Å². The predicted octanol–water partition coefficient (Wildman–Crippen LogP) is 3.34. The Balaban J connectivity index is 1.32. The number of likely N-dealkylation sites (tertiary alicyclic amines) is 1. The molecule has 0 unspecified atom stereocenters. The van der Waals surface area contributed by atoms with Crippen LogP contribution in [0.15, 0.2) is 29.6 Å². The number of nitrogens with one attached hydrogen (secondary N) is 1. The van der Waals surface area contributed by atoms with E-state index in [-0.39, 0.29) is 12.1 Å². The van der Waals surface area contributed by atoms with Crippen LogP contribution < -0.4 is 5.32 Å². The molecule has 2 fully saturated rings. The van der Waals surface area contributed by atoms with Gasteiger partial charge in [-0.15, -0.1) is 11.3 Å². The molecule has 3 heterocycles. The maximum absolute atomic E-state index is 12.4. The molecule has 2 aromatic rings. The Bertz CT molecular complexity index is 737. The highest BCUT2D eigenvalue weighted by Gasteiger charge is 2.43. The van der Waals surface area contributed by atoms with E-state index in [9.17, 15) is 4.79 Å². The van der Waals surface area contributed by atoms with Gasteiger partial charge in [0.15, 0.2) is 5.79 Å². The lowest BCUT2D eigenvalue weighted by Crippen LogP contribution is -2.50. The van der Waals surface area contributed by atoms with E-state index in [4.69, 9.17) is 9.47 Å². The molecule has 2 aliphatic rings. The van der Waals surface area contributed by atoms with Crippen LogP contribution in [0.25, 0.3) is 10.1 Å². The van der Waals surface area contributed by atoms with Crippen LogP contribution in [-0.2, 0) is 16.0 Å². The summed E-state index contributed by atoms with van der Waals surface area (Å²) >= 11 is 1.72. The van der Waals surface area contributed by atoms with E-state index >= 15 is 0 Å². The highest BCUT2D eigenvalue weighted by molar-refractivity contribution is 7.17. The Morgan fingerprint density at radius 3 is 2.92 bits per heavy atom. The molecule has 1 aromatic carbocycles. The monoisotopic (exact) mass is 346 g/mol. The number of fused-ring (bicyclic) bond motifs is 1. The summed E-state index contributed by atoms with van der Waals surface area (Å²) in [5, 5.41) is 6.39. The molecule has 1 aromatic heterocycles. The van der Waals surface area contributed by atoms with Crippen LogP contribution >= 0.6 is 11.3 Å². The standard InChI is InChI=1S/C18H22N2O3S/c1-13-11-22-18(23-13)6-8-20(9-7-18)17(21)19-10-14-12-24-16-5-3-2-4-15(14)16/h2-5,12-13H,6-11H2,1H3,(H,19,21)/t13-/m0/s1. The first kappa shape index (κ1) is 15.9. The van der Waals surface area contributed by atoms with Gasteiger partial charge < -0.3 is 19.7 Å². The fourth-order valence-corrected chi connectivity index (χ4v) is 4.43. The Hall–Kier alpha value is -1.63. The quantitative estimate of drug-likeness (QED) is 0.907. The van der Waals surface area contributed by atoms with Crippen molar-refractivity contribution in [3.05, 3.63) is 35.2 Å². The smallest absolute Gasteiger partial charge is 0.317 e. The van der Waals surface area contributed by atoms with E-state index in [1.165, 1.54) is 15.6 Å². The molecule has 2 amide bonds. The summed E-state index contributed by atoms with van der Waals surface area (Å²) in [5.41, 5.74) is 1.17. The van der Waals surface area contributed by atoms with Gasteiger partial charge >= 0.3 is 6.03 Å². The summed E-state index contributed by atoms with van der Waals surface area (Å²) in [6.07, 6.45) is 1.63. The van der Waals surface area contributed by atoms with E-state index in [0.717, 1.165) is 12.8 Å². The molecule has 0 saturated carbocycles. The number of carbonyl (C=O) groups excluding carboxylic acids is 1. The molecule has 1 spiro atoms. The van der Waals surface area contributed by atoms with Crippen molar-refractivity contribution in [2.45, 2.75) is 38.2 Å². The van der Waals surface area contributed by atoms with Crippen LogP contribution in [0, 0.1) is 0 Å². The molecule has 1 atom stereocenters. The molecule has 2 saturated heterocycles. The lowest BCUT2D eigenvalue weighted by molar-refractivity contribution is -0.189. The number of hydrogen-bond acceptors (Lipinski definition) is 4. The topological polar surface area (TPSA) is 50.8 Å². The number of ether oxygens (including phenoxy) is 2. The predicted molar refractivity (Wildman–Crippen MR) is 94.1 cm³/mol. The average molecular weight is 346 g/mol. The van der Waals surface area contributed by atoms with Crippen molar-refractivity contribution < 1.29 is 14.3 Å². The Labute approximate surface area is 145 Å². The number of rotatable bonds is 2. The van der Waals surface area contributed by atoms with Gasteiger partial charge in [-0.3, -0.25) is 0 Å². The zero-order valence-corrected chi connectivity index (χ0v) is 14.6. The van der Waals surface area contributed by atoms with Gasteiger partial charge in [0.1, 0.15) is 0 Å². The zero-order chi connectivity index (χ0) is 16.6. The maximum atomic E-state index is 12.4. The van der Waals surface area contributed by atoms with Crippen molar-refractivity contribution in [3.63, 3.8) is 0 Å². The average Bonchev–Trinajstić information content (AvgIpc) is 3.17. The Morgan fingerprint density at radius 1 is 1.38 bits per heavy atom. The van der Waals surface area contributed by atoms with Crippen LogP contribution in [0.4, 0.5) is 4.79 Å². The second-order valence-corrected chi connectivity index (χ2v) is 7.46. The van der Waals surface area contributed by atoms with Crippen molar-refractivity contribution in [3.8, 4) is 0 Å². The third-order valence-electron chi connectivity index (χ3n) is 4.80. The molecule has 0 bridgehead atoms. The third-order valence-corrected chi connectivity index (χ3v) is 5.81. The van der Waals surface area contributed by atoms with E-state index < -0.39 is 5.79 Å². The molecule has 2 aliphatic heterocycles. The van der Waals surface area contributed by atoms with Gasteiger partial charge in [0.05, 0.1) is 12.7 Å². The first-order chi connectivity index (χ1) is 11.7. The number of nitrogens with zero attached hydrogens (tertiary/aromatic N) is 1. The summed E-state index contributed by atoms with van der Waals surface area (Å²) in [6, 6.07) is 8.28. The van der Waals surface area contributed by atoms with E-state index in [1.54, 1.807) is 11.3 Å². The molecule has 5 nitrogen and oxygen atoms in total. The summed E-state index contributed by atoms with van der Waals surface area (Å²) in [4.78, 5) is 14.3. The van der Waals surface area contributed by atoms with E-state index in [0.29, 0.717) is 26.2 Å². The van der Waals surface area contributed by atoms with Gasteiger partial charge in [0.2, 0.25) is 0 Å². The number of benzene rings is 1. The molecular formula is C18H22N2O3S. The van der Waals surface area contributed by atoms with Gasteiger partial charge in [-0.05, 0) is 29.3 Å². The first-order valence-electron chi connectivity index (χ1n) is 8.45. The zero-order valence-electron chi connectivity index (χ0n) is 13.8. The highest BCUT2D eigenvalue weighted by Crippen LogP contribution is 2.34. The van der Waals surface area contributed by atoms with Crippen LogP contribution in [-0.4, -0.2) is 42.5 Å². The highest BCUT2D eigenvalue weighted by atomic mass is 32.1. The van der Waals surface area contributed by atoms with Gasteiger partial charge in [-0.1, -0.05) is 18.2 Å². The van der Waals surface area contributed by atoms with Crippen molar-refractivity contribution in [1.82, 2.24) is 10.2 Å². The van der Waals surface area contributed by atoms with E-state index in [1.807, 2.05) is 24.0 Å². The minimum absolute atomic E-state index is 0.00817. The number of hydrogen-bond donors (Lipinski definition) is 1. The minimum atomic E-state index is -0.459. The molecule has 0 aliphatic carbocycles. The van der Waals surface area contributed by atoms with Gasteiger partial charge in [-0.2, -0.15) is 0 Å². The largest absolute Gasteiger partial charge is 0.347 e. The SMILES string of the molecule is C[C@H]1COC2(CCN(C(=O)NCc3csc4ccccc34)CC2)O1. The molecule has 0 radical (unpaired) electrons. The number of amides is 2. The Kier molecular flexibility index (Phi) is 4.20. The van der Waals surface area contributed by atoms with Crippen LogP contribution in [0.2, 0.25) is 0 Å². The molecule has 1 N–H and O–H groups in total. The number of thiophene rings is 1. The van der Waals surface area contributed by atoms with Gasteiger partial charge in [0, 0.05) is 37.2 Å². The van der Waals surface area contributed by atoms with Crippen molar-refractivity contribution >= 4 is 27.5 Å². The third kappa shape index (κ3) is 3.01. The van der Waals surface area contributed by atoms with Crippen LogP contribution in [0.1, 0.15) is 25.3 Å². The number of piperidine rings is 1. The summed E-state index contributed by atoms with van der Waals surface area (Å²) < 4.78 is 13.0.